The molecular formula is C20H34IN3O2. The van der Waals surface area contributed by atoms with Gasteiger partial charge in [0.1, 0.15) is 0 Å². The third kappa shape index (κ3) is 3.28. The van der Waals surface area contributed by atoms with E-state index in [0.717, 1.165) is 51.0 Å². The summed E-state index contributed by atoms with van der Waals surface area (Å²) in [6.07, 6.45) is 11.3. The Bertz CT molecular complexity index is 527. The van der Waals surface area contributed by atoms with Crippen molar-refractivity contribution in [3.63, 3.8) is 0 Å². The van der Waals surface area contributed by atoms with Gasteiger partial charge in [-0.05, 0) is 50.9 Å². The van der Waals surface area contributed by atoms with Crippen LogP contribution >= 0.6 is 24.0 Å². The fourth-order valence-corrected chi connectivity index (χ4v) is 5.68. The van der Waals surface area contributed by atoms with Gasteiger partial charge in [-0.2, -0.15) is 0 Å². The maximum Gasteiger partial charge on any atom is 0.193 e. The fourth-order valence-electron chi connectivity index (χ4n) is 5.68. The third-order valence-electron chi connectivity index (χ3n) is 7.54. The van der Waals surface area contributed by atoms with Crippen LogP contribution < -0.4 is 5.32 Å². The van der Waals surface area contributed by atoms with E-state index in [1.807, 2.05) is 7.05 Å². The summed E-state index contributed by atoms with van der Waals surface area (Å²) in [4.78, 5) is 7.08. The Morgan fingerprint density at radius 2 is 1.96 bits per heavy atom. The normalized spacial score (nSPS) is 36.1. The molecule has 0 radical (unpaired) electrons. The number of hydrogen-bond acceptors (Lipinski definition) is 3. The van der Waals surface area contributed by atoms with Gasteiger partial charge in [-0.1, -0.05) is 6.42 Å². The van der Waals surface area contributed by atoms with Gasteiger partial charge in [0.25, 0.3) is 0 Å². The van der Waals surface area contributed by atoms with Crippen LogP contribution in [0.4, 0.5) is 0 Å². The summed E-state index contributed by atoms with van der Waals surface area (Å²) >= 11 is 0. The van der Waals surface area contributed by atoms with E-state index >= 15 is 0 Å². The molecule has 2 saturated heterocycles. The Kier molecular flexibility index (Phi) is 5.73. The predicted octanol–water partition coefficient (Wildman–Crippen LogP) is 3.03. The van der Waals surface area contributed by atoms with Gasteiger partial charge in [-0.3, -0.25) is 4.99 Å². The van der Waals surface area contributed by atoms with Gasteiger partial charge >= 0.3 is 0 Å². The number of halogens is 1. The Balaban J connectivity index is 0.00000168. The monoisotopic (exact) mass is 475 g/mol. The standard InChI is InChI=1S/C20H33N3O2.HI/c1-21-19(23-10-5-15(6-11-23)25-13-14-3-4-14)22-17-16-7-12-24-18(16)20(17)8-2-9-20;/h14-18H,2-13H2,1H3,(H,21,22);1H. The molecule has 3 unspecified atom stereocenters. The van der Waals surface area contributed by atoms with E-state index in [-0.39, 0.29) is 24.0 Å². The second-order valence-electron chi connectivity index (χ2n) is 8.96. The van der Waals surface area contributed by atoms with Gasteiger partial charge in [0.15, 0.2) is 5.96 Å². The van der Waals surface area contributed by atoms with E-state index in [1.54, 1.807) is 0 Å². The molecule has 0 amide bonds. The van der Waals surface area contributed by atoms with Crippen molar-refractivity contribution in [1.82, 2.24) is 10.2 Å². The van der Waals surface area contributed by atoms with Gasteiger partial charge in [-0.15, -0.1) is 24.0 Å². The lowest BCUT2D eigenvalue weighted by Crippen LogP contribution is -2.72. The Morgan fingerprint density at radius 3 is 2.58 bits per heavy atom. The van der Waals surface area contributed by atoms with Crippen molar-refractivity contribution in [3.05, 3.63) is 0 Å². The number of ether oxygens (including phenoxy) is 2. The molecule has 0 aromatic heterocycles. The average Bonchev–Trinajstić information content (AvgIpc) is 3.33. The number of aliphatic imine (C=N–C) groups is 1. The van der Waals surface area contributed by atoms with Crippen LogP contribution in [-0.4, -0.2) is 62.5 Å². The Hall–Kier alpha value is -0.0800. The molecule has 5 fully saturated rings. The zero-order valence-corrected chi connectivity index (χ0v) is 18.3. The summed E-state index contributed by atoms with van der Waals surface area (Å²) in [5.41, 5.74) is 0.419. The molecule has 5 nitrogen and oxygen atoms in total. The van der Waals surface area contributed by atoms with Gasteiger partial charge < -0.3 is 19.7 Å². The smallest absolute Gasteiger partial charge is 0.193 e. The highest BCUT2D eigenvalue weighted by molar-refractivity contribution is 14.0. The molecule has 2 aliphatic heterocycles. The summed E-state index contributed by atoms with van der Waals surface area (Å²) in [7, 11) is 1.94. The minimum absolute atomic E-state index is 0. The van der Waals surface area contributed by atoms with Crippen molar-refractivity contribution < 1.29 is 9.47 Å². The third-order valence-corrected chi connectivity index (χ3v) is 7.54. The second-order valence-corrected chi connectivity index (χ2v) is 8.96. The molecule has 0 bridgehead atoms. The maximum atomic E-state index is 6.09. The minimum Gasteiger partial charge on any atom is -0.378 e. The minimum atomic E-state index is 0. The zero-order chi connectivity index (χ0) is 16.9. The summed E-state index contributed by atoms with van der Waals surface area (Å²) < 4.78 is 12.2. The Labute approximate surface area is 174 Å². The van der Waals surface area contributed by atoms with E-state index in [9.17, 15) is 0 Å². The average molecular weight is 475 g/mol. The first-order chi connectivity index (χ1) is 12.3. The first-order valence-electron chi connectivity index (χ1n) is 10.5. The van der Waals surface area contributed by atoms with E-state index in [1.165, 1.54) is 38.5 Å². The van der Waals surface area contributed by atoms with E-state index in [2.05, 4.69) is 15.2 Å². The molecule has 1 N–H and O–H groups in total. The van der Waals surface area contributed by atoms with Crippen LogP contribution in [0.3, 0.4) is 0 Å². The lowest BCUT2D eigenvalue weighted by atomic mass is 9.46. The van der Waals surface area contributed by atoms with E-state index < -0.39 is 0 Å². The van der Waals surface area contributed by atoms with Crippen LogP contribution in [0.1, 0.15) is 51.4 Å². The quantitative estimate of drug-likeness (QED) is 0.386. The van der Waals surface area contributed by atoms with Crippen LogP contribution in [0.2, 0.25) is 0 Å². The lowest BCUT2D eigenvalue weighted by molar-refractivity contribution is -0.171. The van der Waals surface area contributed by atoms with Crippen molar-refractivity contribution in [2.45, 2.75) is 69.6 Å². The SMILES string of the molecule is CN=C(NC1C2CCOC2C12CCC2)N1CCC(OCC2CC2)CC1.I. The highest BCUT2D eigenvalue weighted by Gasteiger charge is 2.66. The molecule has 26 heavy (non-hydrogen) atoms. The largest absolute Gasteiger partial charge is 0.378 e. The molecule has 3 aliphatic carbocycles. The first-order valence-corrected chi connectivity index (χ1v) is 10.5. The van der Waals surface area contributed by atoms with Crippen molar-refractivity contribution in [2.24, 2.45) is 22.2 Å². The fraction of sp³-hybridized carbons (Fsp3) is 0.950. The van der Waals surface area contributed by atoms with Crippen molar-refractivity contribution in [1.29, 1.82) is 0 Å². The molecular weight excluding hydrogens is 441 g/mol. The zero-order valence-electron chi connectivity index (χ0n) is 16.0. The lowest BCUT2D eigenvalue weighted by Gasteiger charge is -2.63. The molecule has 148 valence electrons. The molecule has 0 aromatic carbocycles. The molecule has 6 heteroatoms. The predicted molar refractivity (Wildman–Crippen MR) is 113 cm³/mol. The van der Waals surface area contributed by atoms with Crippen LogP contribution in [0.15, 0.2) is 4.99 Å². The highest BCUT2D eigenvalue weighted by Crippen LogP contribution is 2.62. The summed E-state index contributed by atoms with van der Waals surface area (Å²) in [6.45, 7) is 4.08. The van der Waals surface area contributed by atoms with Gasteiger partial charge in [0, 0.05) is 50.7 Å². The summed E-state index contributed by atoms with van der Waals surface area (Å²) in [5.74, 6) is 2.69. The van der Waals surface area contributed by atoms with Gasteiger partial charge in [-0.25, -0.2) is 0 Å². The second kappa shape index (κ2) is 7.74. The highest BCUT2D eigenvalue weighted by atomic mass is 127. The number of rotatable bonds is 4. The van der Waals surface area contributed by atoms with E-state index in [4.69, 9.17) is 9.47 Å². The van der Waals surface area contributed by atoms with Crippen molar-refractivity contribution in [2.75, 3.05) is 33.4 Å². The molecule has 1 spiro atoms. The maximum absolute atomic E-state index is 6.09. The summed E-state index contributed by atoms with van der Waals surface area (Å²) in [6, 6.07) is 0.580. The molecule has 0 aromatic rings. The van der Waals surface area contributed by atoms with Crippen molar-refractivity contribution >= 4 is 29.9 Å². The molecule has 3 atom stereocenters. The number of nitrogens with one attached hydrogen (secondary N) is 1. The van der Waals surface area contributed by atoms with Crippen LogP contribution in [0, 0.1) is 17.3 Å². The topological polar surface area (TPSA) is 46.1 Å². The van der Waals surface area contributed by atoms with Crippen LogP contribution in [0.5, 0.6) is 0 Å². The number of fused-ring (bicyclic) bond motifs is 2. The number of likely N-dealkylation sites (tertiary alicyclic amines) is 1. The van der Waals surface area contributed by atoms with E-state index in [0.29, 0.717) is 29.6 Å². The van der Waals surface area contributed by atoms with Crippen molar-refractivity contribution in [3.8, 4) is 0 Å². The molecule has 2 heterocycles. The van der Waals surface area contributed by atoms with Crippen LogP contribution in [0.25, 0.3) is 0 Å². The number of piperidine rings is 1. The number of guanidine groups is 1. The van der Waals surface area contributed by atoms with Gasteiger partial charge in [0.05, 0.1) is 12.2 Å². The number of hydrogen-bond donors (Lipinski definition) is 1. The molecule has 3 saturated carbocycles. The number of nitrogens with zero attached hydrogens (tertiary/aromatic N) is 2. The molecule has 5 aliphatic rings. The summed E-state index contributed by atoms with van der Waals surface area (Å²) in [5, 5.41) is 3.87. The molecule has 5 rings (SSSR count). The Morgan fingerprint density at radius 1 is 1.19 bits per heavy atom. The first kappa shape index (κ1) is 19.2. The van der Waals surface area contributed by atoms with Gasteiger partial charge in [0.2, 0.25) is 0 Å². The van der Waals surface area contributed by atoms with Crippen LogP contribution in [-0.2, 0) is 9.47 Å².